The number of aromatic nitrogens is 1. The largest absolute Gasteiger partial charge is 0.573 e. The number of benzene rings is 2. The minimum Gasteiger partial charge on any atom is -0.481 e. The number of aliphatic carboxylic acids is 1. The number of carboxylic acids is 1. The molecule has 0 amide bonds. The molecule has 0 aliphatic carbocycles. The Morgan fingerprint density at radius 2 is 1.84 bits per heavy atom. The van der Waals surface area contributed by atoms with Crippen LogP contribution in [0.5, 0.6) is 5.75 Å². The lowest BCUT2D eigenvalue weighted by Crippen LogP contribution is -2.17. The zero-order valence-electron chi connectivity index (χ0n) is 12.5. The van der Waals surface area contributed by atoms with Crippen molar-refractivity contribution in [3.63, 3.8) is 0 Å². The van der Waals surface area contributed by atoms with Crippen LogP contribution in [0, 0.1) is 5.82 Å². The molecule has 2 N–H and O–H groups in total. The normalized spacial score (nSPS) is 11.7. The van der Waals surface area contributed by atoms with Crippen LogP contribution in [0.1, 0.15) is 5.56 Å². The van der Waals surface area contributed by atoms with Crippen LogP contribution >= 0.6 is 0 Å². The molecule has 0 radical (unpaired) electrons. The average molecular weight is 353 g/mol. The maximum atomic E-state index is 15.0. The number of carbonyl (C=O) groups is 1. The summed E-state index contributed by atoms with van der Waals surface area (Å²) in [6, 6.07) is 7.97. The van der Waals surface area contributed by atoms with E-state index in [2.05, 4.69) is 9.72 Å². The van der Waals surface area contributed by atoms with Gasteiger partial charge in [0.15, 0.2) is 0 Å². The Morgan fingerprint density at radius 1 is 1.12 bits per heavy atom. The van der Waals surface area contributed by atoms with E-state index in [1.807, 2.05) is 0 Å². The summed E-state index contributed by atoms with van der Waals surface area (Å²) in [6.45, 7) is 0. The summed E-state index contributed by atoms with van der Waals surface area (Å²) in [5, 5.41) is 8.94. The van der Waals surface area contributed by atoms with E-state index in [4.69, 9.17) is 5.11 Å². The smallest absolute Gasteiger partial charge is 0.481 e. The van der Waals surface area contributed by atoms with Crippen molar-refractivity contribution in [3.8, 4) is 16.9 Å². The van der Waals surface area contributed by atoms with Gasteiger partial charge in [-0.1, -0.05) is 18.2 Å². The van der Waals surface area contributed by atoms with E-state index < -0.39 is 30.3 Å². The first-order chi connectivity index (χ1) is 11.8. The first kappa shape index (κ1) is 16.8. The summed E-state index contributed by atoms with van der Waals surface area (Å²) in [6.07, 6.45) is -3.97. The lowest BCUT2D eigenvalue weighted by atomic mass is 10.00. The second-order valence-corrected chi connectivity index (χ2v) is 5.28. The zero-order valence-corrected chi connectivity index (χ0v) is 12.5. The number of hydrogen-bond donors (Lipinski definition) is 2. The molecule has 0 fully saturated rings. The van der Waals surface area contributed by atoms with Crippen molar-refractivity contribution in [2.75, 3.05) is 0 Å². The number of alkyl halides is 3. The fourth-order valence-corrected chi connectivity index (χ4v) is 2.66. The lowest BCUT2D eigenvalue weighted by molar-refractivity contribution is -0.274. The van der Waals surface area contributed by atoms with Gasteiger partial charge in [-0.3, -0.25) is 4.79 Å². The zero-order chi connectivity index (χ0) is 18.2. The van der Waals surface area contributed by atoms with E-state index in [9.17, 15) is 22.4 Å². The van der Waals surface area contributed by atoms with Crippen LogP contribution in [0.4, 0.5) is 17.6 Å². The highest BCUT2D eigenvalue weighted by atomic mass is 19.4. The summed E-state index contributed by atoms with van der Waals surface area (Å²) < 4.78 is 56.6. The van der Waals surface area contributed by atoms with Gasteiger partial charge in [-0.05, 0) is 23.8 Å². The van der Waals surface area contributed by atoms with Gasteiger partial charge in [-0.2, -0.15) is 0 Å². The van der Waals surface area contributed by atoms with E-state index in [0.29, 0.717) is 5.52 Å². The Morgan fingerprint density at radius 3 is 2.52 bits per heavy atom. The molecule has 8 heteroatoms. The fraction of sp³-hybridized carbons (Fsp3) is 0.118. The first-order valence-electron chi connectivity index (χ1n) is 7.11. The van der Waals surface area contributed by atoms with E-state index in [1.165, 1.54) is 36.5 Å². The third kappa shape index (κ3) is 3.42. The molecule has 0 unspecified atom stereocenters. The number of H-pyrrole nitrogens is 1. The molecule has 25 heavy (non-hydrogen) atoms. The molecule has 0 saturated carbocycles. The molecule has 0 spiro atoms. The topological polar surface area (TPSA) is 62.3 Å². The quantitative estimate of drug-likeness (QED) is 0.679. The van der Waals surface area contributed by atoms with Gasteiger partial charge in [-0.15, -0.1) is 13.2 Å². The molecule has 0 atom stereocenters. The van der Waals surface area contributed by atoms with Crippen LogP contribution in [-0.2, 0) is 11.2 Å². The standard InChI is InChI=1S/C17H11F4NO3/c18-16-11(10-3-1-2-4-13(10)25-17(19,20)21)5-6-12-15(16)9(8-22-12)7-14(23)24/h1-6,8,22H,7H2,(H,23,24). The number of hydrogen-bond acceptors (Lipinski definition) is 2. The van der Waals surface area contributed by atoms with E-state index in [-0.39, 0.29) is 22.1 Å². The number of halogens is 4. The lowest BCUT2D eigenvalue weighted by Gasteiger charge is -2.14. The first-order valence-corrected chi connectivity index (χ1v) is 7.11. The third-order valence-corrected chi connectivity index (χ3v) is 3.61. The number of aromatic amines is 1. The van der Waals surface area contributed by atoms with Crippen molar-refractivity contribution in [3.05, 3.63) is 54.0 Å². The highest BCUT2D eigenvalue weighted by Crippen LogP contribution is 2.37. The number of rotatable bonds is 4. The Kier molecular flexibility index (Phi) is 4.12. The van der Waals surface area contributed by atoms with Gasteiger partial charge in [0.2, 0.25) is 0 Å². The van der Waals surface area contributed by atoms with Gasteiger partial charge in [-0.25, -0.2) is 4.39 Å². The summed E-state index contributed by atoms with van der Waals surface area (Å²) >= 11 is 0. The molecular formula is C17H11F4NO3. The molecule has 3 aromatic rings. The molecule has 0 aliphatic rings. The maximum absolute atomic E-state index is 15.0. The second kappa shape index (κ2) is 6.12. The van der Waals surface area contributed by atoms with E-state index >= 15 is 0 Å². The van der Waals surface area contributed by atoms with Crippen LogP contribution in [0.2, 0.25) is 0 Å². The molecule has 2 aromatic carbocycles. The second-order valence-electron chi connectivity index (χ2n) is 5.28. The fourth-order valence-electron chi connectivity index (χ4n) is 2.66. The molecule has 0 bridgehead atoms. The number of carboxylic acid groups (broad SMARTS) is 1. The van der Waals surface area contributed by atoms with Crippen LogP contribution in [-0.4, -0.2) is 22.4 Å². The van der Waals surface area contributed by atoms with Crippen LogP contribution < -0.4 is 4.74 Å². The molecule has 1 heterocycles. The number of para-hydroxylation sites is 1. The summed E-state index contributed by atoms with van der Waals surface area (Å²) in [4.78, 5) is 13.7. The van der Waals surface area contributed by atoms with Crippen molar-refractivity contribution in [2.24, 2.45) is 0 Å². The number of ether oxygens (including phenoxy) is 1. The van der Waals surface area contributed by atoms with Gasteiger partial charge >= 0.3 is 12.3 Å². The van der Waals surface area contributed by atoms with Crippen molar-refractivity contribution in [1.82, 2.24) is 4.98 Å². The molecule has 4 nitrogen and oxygen atoms in total. The summed E-state index contributed by atoms with van der Waals surface area (Å²) in [5.41, 5.74) is 0.364. The van der Waals surface area contributed by atoms with Crippen LogP contribution in [0.25, 0.3) is 22.0 Å². The molecule has 1 aromatic heterocycles. The number of fused-ring (bicyclic) bond motifs is 1. The van der Waals surface area contributed by atoms with Gasteiger partial charge in [0.05, 0.1) is 6.42 Å². The van der Waals surface area contributed by atoms with Crippen molar-refractivity contribution in [1.29, 1.82) is 0 Å². The van der Waals surface area contributed by atoms with Gasteiger partial charge in [0.1, 0.15) is 11.6 Å². The molecule has 0 aliphatic heterocycles. The minimum absolute atomic E-state index is 0.0294. The summed E-state index contributed by atoms with van der Waals surface area (Å²) in [5.74, 6) is -2.50. The van der Waals surface area contributed by atoms with Crippen molar-refractivity contribution < 1.29 is 32.2 Å². The van der Waals surface area contributed by atoms with E-state index in [1.54, 1.807) is 0 Å². The van der Waals surface area contributed by atoms with Crippen molar-refractivity contribution in [2.45, 2.75) is 12.8 Å². The Balaban J connectivity index is 2.17. The summed E-state index contributed by atoms with van der Waals surface area (Å²) in [7, 11) is 0. The van der Waals surface area contributed by atoms with Crippen LogP contribution in [0.3, 0.4) is 0 Å². The van der Waals surface area contributed by atoms with Gasteiger partial charge in [0, 0.05) is 28.2 Å². The predicted molar refractivity (Wildman–Crippen MR) is 81.7 cm³/mol. The van der Waals surface area contributed by atoms with Gasteiger partial charge in [0.25, 0.3) is 0 Å². The average Bonchev–Trinajstić information content (AvgIpc) is 2.90. The molecular weight excluding hydrogens is 342 g/mol. The molecule has 130 valence electrons. The minimum atomic E-state index is -4.92. The predicted octanol–water partition coefficient (Wildman–Crippen LogP) is 4.50. The molecule has 3 rings (SSSR count). The van der Waals surface area contributed by atoms with E-state index in [0.717, 1.165) is 6.07 Å². The highest BCUT2D eigenvalue weighted by Gasteiger charge is 2.32. The Labute approximate surface area is 138 Å². The van der Waals surface area contributed by atoms with Crippen LogP contribution in [0.15, 0.2) is 42.6 Å². The monoisotopic (exact) mass is 353 g/mol. The van der Waals surface area contributed by atoms with Gasteiger partial charge < -0.3 is 14.8 Å². The Hall–Kier alpha value is -3.03. The SMILES string of the molecule is O=C(O)Cc1c[nH]c2ccc(-c3ccccc3OC(F)(F)F)c(F)c12. The third-order valence-electron chi connectivity index (χ3n) is 3.61. The highest BCUT2D eigenvalue weighted by molar-refractivity contribution is 5.92. The molecule has 0 saturated heterocycles. The number of nitrogens with one attached hydrogen (secondary N) is 1. The Bertz CT molecular complexity index is 947. The van der Waals surface area contributed by atoms with Crippen molar-refractivity contribution >= 4 is 16.9 Å². The maximum Gasteiger partial charge on any atom is 0.573 e.